The molecule has 3 aliphatic rings. The zero-order valence-corrected chi connectivity index (χ0v) is 13.7. The Labute approximate surface area is 131 Å². The number of aliphatic hydroxyl groups excluding tert-OH is 1. The van der Waals surface area contributed by atoms with Gasteiger partial charge >= 0.3 is 0 Å². The van der Waals surface area contributed by atoms with Crippen molar-refractivity contribution in [3.8, 4) is 0 Å². The van der Waals surface area contributed by atoms with Crippen LogP contribution >= 0.6 is 0 Å². The van der Waals surface area contributed by atoms with Crippen LogP contribution in [-0.4, -0.2) is 57.0 Å². The van der Waals surface area contributed by atoms with Crippen molar-refractivity contribution in [2.75, 3.05) is 27.8 Å². The van der Waals surface area contributed by atoms with Gasteiger partial charge in [-0.3, -0.25) is 4.79 Å². The number of carbonyl (C=O) groups is 1. The zero-order valence-electron chi connectivity index (χ0n) is 13.7. The molecule has 0 aliphatic heterocycles. The van der Waals surface area contributed by atoms with Crippen molar-refractivity contribution in [2.45, 2.75) is 45.0 Å². The molecule has 3 saturated carbocycles. The van der Waals surface area contributed by atoms with Crippen LogP contribution < -0.4 is 0 Å². The highest BCUT2D eigenvalue weighted by molar-refractivity contribution is 5.92. The van der Waals surface area contributed by atoms with Crippen LogP contribution in [0, 0.1) is 22.7 Å². The number of methoxy groups -OCH3 is 2. The highest BCUT2D eigenvalue weighted by Crippen LogP contribution is 2.68. The molecule has 0 unspecified atom stereocenters. The number of carbonyl (C=O) groups excluding carboxylic acids is 1. The summed E-state index contributed by atoms with van der Waals surface area (Å²) in [5.74, 6) is 0.282. The molecule has 3 fully saturated rings. The predicted molar refractivity (Wildman–Crippen MR) is 76.9 cm³/mol. The Hall–Kier alpha value is -0.530. The predicted octanol–water partition coefficient (Wildman–Crippen LogP) is 0.961. The van der Waals surface area contributed by atoms with Gasteiger partial charge in [-0.25, -0.2) is 0 Å². The molecular formula is C16H26O6. The SMILES string of the molecule is COCO[C@@H]1C[C@H]2[C@@H]3C[C@@H](OCOC)[C@@]2(C)[C@@H](O)C(=O)[C@@]13C. The van der Waals surface area contributed by atoms with E-state index in [9.17, 15) is 9.90 Å². The van der Waals surface area contributed by atoms with Gasteiger partial charge in [-0.15, -0.1) is 0 Å². The molecule has 0 amide bonds. The molecule has 126 valence electrons. The van der Waals surface area contributed by atoms with Crippen molar-refractivity contribution >= 4 is 5.78 Å². The Balaban J connectivity index is 1.92. The van der Waals surface area contributed by atoms with E-state index in [1.54, 1.807) is 14.2 Å². The number of rotatable bonds is 6. The third-order valence-electron chi connectivity index (χ3n) is 6.50. The van der Waals surface area contributed by atoms with Gasteiger partial charge in [0.2, 0.25) is 0 Å². The second kappa shape index (κ2) is 5.53. The maximum Gasteiger partial charge on any atom is 0.170 e. The van der Waals surface area contributed by atoms with Crippen LogP contribution in [0.1, 0.15) is 26.7 Å². The lowest BCUT2D eigenvalue weighted by Gasteiger charge is -2.45. The van der Waals surface area contributed by atoms with Crippen LogP contribution in [0.2, 0.25) is 0 Å². The summed E-state index contributed by atoms with van der Waals surface area (Å²) < 4.78 is 21.6. The maximum atomic E-state index is 12.9. The van der Waals surface area contributed by atoms with Gasteiger partial charge in [0.15, 0.2) is 5.78 Å². The standard InChI is InChI=1S/C16H26O6/c1-15-9-5-12(22-8-20-4)16(2,14(18)13(15)17)10(9)6-11(15)21-7-19-3/h9-13,17H,5-8H2,1-4H3/t9-,10-,11+,12+,13-,15-,16+/m0/s1. The lowest BCUT2D eigenvalue weighted by molar-refractivity contribution is -0.171. The van der Waals surface area contributed by atoms with Gasteiger partial charge in [0.25, 0.3) is 0 Å². The molecule has 22 heavy (non-hydrogen) atoms. The van der Waals surface area contributed by atoms with Gasteiger partial charge < -0.3 is 24.1 Å². The van der Waals surface area contributed by atoms with E-state index in [1.165, 1.54) is 0 Å². The monoisotopic (exact) mass is 314 g/mol. The fourth-order valence-electron chi connectivity index (χ4n) is 5.20. The molecule has 0 saturated heterocycles. The summed E-state index contributed by atoms with van der Waals surface area (Å²) in [4.78, 5) is 12.9. The van der Waals surface area contributed by atoms with Gasteiger partial charge in [0, 0.05) is 19.6 Å². The fourth-order valence-corrected chi connectivity index (χ4v) is 5.20. The lowest BCUT2D eigenvalue weighted by atomic mass is 9.61. The molecule has 0 spiro atoms. The summed E-state index contributed by atoms with van der Waals surface area (Å²) in [6, 6.07) is 0. The first kappa shape index (κ1) is 16.3. The second-order valence-corrected chi connectivity index (χ2v) is 7.22. The first-order valence-electron chi connectivity index (χ1n) is 7.85. The van der Waals surface area contributed by atoms with Crippen molar-refractivity contribution in [1.82, 2.24) is 0 Å². The third kappa shape index (κ3) is 1.88. The van der Waals surface area contributed by atoms with E-state index in [0.717, 1.165) is 12.8 Å². The number of Topliss-reactive ketones (excluding diaryl/α,β-unsaturated/α-hetero) is 1. The summed E-state index contributed by atoms with van der Waals surface area (Å²) in [7, 11) is 3.15. The van der Waals surface area contributed by atoms with E-state index >= 15 is 0 Å². The van der Waals surface area contributed by atoms with Crippen molar-refractivity contribution in [3.63, 3.8) is 0 Å². The number of hydrogen-bond acceptors (Lipinski definition) is 6. The molecule has 3 rings (SSSR count). The summed E-state index contributed by atoms with van der Waals surface area (Å²) in [6.45, 7) is 4.25. The van der Waals surface area contributed by atoms with E-state index < -0.39 is 16.9 Å². The quantitative estimate of drug-likeness (QED) is 0.736. The summed E-state index contributed by atoms with van der Waals surface area (Å²) in [6.07, 6.45) is 0.147. The molecule has 6 nitrogen and oxygen atoms in total. The van der Waals surface area contributed by atoms with E-state index in [4.69, 9.17) is 18.9 Å². The molecule has 0 radical (unpaired) electrons. The Bertz CT molecular complexity index is 454. The summed E-state index contributed by atoms with van der Waals surface area (Å²) in [5, 5.41) is 10.7. The van der Waals surface area contributed by atoms with Gasteiger partial charge in [0.1, 0.15) is 19.7 Å². The van der Waals surface area contributed by atoms with Gasteiger partial charge in [0.05, 0.1) is 17.6 Å². The van der Waals surface area contributed by atoms with Gasteiger partial charge in [-0.1, -0.05) is 6.92 Å². The fraction of sp³-hybridized carbons (Fsp3) is 0.938. The van der Waals surface area contributed by atoms with Crippen LogP contribution in [0.15, 0.2) is 0 Å². The van der Waals surface area contributed by atoms with E-state index in [-0.39, 0.29) is 43.4 Å². The molecule has 1 N–H and O–H groups in total. The minimum absolute atomic E-state index is 0.113. The molecular weight excluding hydrogens is 288 g/mol. The molecule has 0 aromatic carbocycles. The number of ketones is 1. The topological polar surface area (TPSA) is 74.2 Å². The normalized spacial score (nSPS) is 49.9. The number of aliphatic hydroxyl groups is 1. The first-order valence-corrected chi connectivity index (χ1v) is 7.85. The Morgan fingerprint density at radius 2 is 1.59 bits per heavy atom. The summed E-state index contributed by atoms with van der Waals surface area (Å²) >= 11 is 0. The lowest BCUT2D eigenvalue weighted by Crippen LogP contribution is -2.56. The second-order valence-electron chi connectivity index (χ2n) is 7.22. The molecule has 6 heteroatoms. The van der Waals surface area contributed by atoms with Crippen LogP contribution in [0.25, 0.3) is 0 Å². The van der Waals surface area contributed by atoms with Gasteiger partial charge in [-0.05, 0) is 31.6 Å². The molecule has 0 heterocycles. The Morgan fingerprint density at radius 1 is 1.05 bits per heavy atom. The minimum atomic E-state index is -1.01. The largest absolute Gasteiger partial charge is 0.385 e. The Morgan fingerprint density at radius 3 is 2.18 bits per heavy atom. The van der Waals surface area contributed by atoms with E-state index in [1.807, 2.05) is 13.8 Å². The average Bonchev–Trinajstić information content (AvgIpc) is 2.92. The smallest absolute Gasteiger partial charge is 0.170 e. The molecule has 0 aromatic heterocycles. The molecule has 3 aliphatic carbocycles. The summed E-state index contributed by atoms with van der Waals surface area (Å²) in [5.41, 5.74) is -1.22. The van der Waals surface area contributed by atoms with Crippen molar-refractivity contribution < 1.29 is 28.8 Å². The van der Waals surface area contributed by atoms with E-state index in [0.29, 0.717) is 0 Å². The zero-order chi connectivity index (χ0) is 16.1. The van der Waals surface area contributed by atoms with Crippen LogP contribution in [-0.2, 0) is 23.7 Å². The number of hydrogen-bond donors (Lipinski definition) is 1. The minimum Gasteiger partial charge on any atom is -0.385 e. The Kier molecular flexibility index (Phi) is 4.10. The highest BCUT2D eigenvalue weighted by Gasteiger charge is 2.74. The van der Waals surface area contributed by atoms with E-state index in [2.05, 4.69) is 0 Å². The first-order chi connectivity index (χ1) is 10.4. The van der Waals surface area contributed by atoms with Crippen molar-refractivity contribution in [1.29, 1.82) is 0 Å². The number of ether oxygens (including phenoxy) is 4. The third-order valence-corrected chi connectivity index (χ3v) is 6.50. The van der Waals surface area contributed by atoms with Crippen LogP contribution in [0.5, 0.6) is 0 Å². The molecule has 0 aromatic rings. The molecule has 4 bridgehead atoms. The van der Waals surface area contributed by atoms with Crippen molar-refractivity contribution in [2.24, 2.45) is 22.7 Å². The molecule has 7 atom stereocenters. The van der Waals surface area contributed by atoms with Crippen LogP contribution in [0.3, 0.4) is 0 Å². The van der Waals surface area contributed by atoms with Gasteiger partial charge in [-0.2, -0.15) is 0 Å². The highest BCUT2D eigenvalue weighted by atomic mass is 16.7. The average molecular weight is 314 g/mol. The van der Waals surface area contributed by atoms with Crippen LogP contribution in [0.4, 0.5) is 0 Å². The maximum absolute atomic E-state index is 12.9. The van der Waals surface area contributed by atoms with Crippen molar-refractivity contribution in [3.05, 3.63) is 0 Å².